The van der Waals surface area contributed by atoms with E-state index in [0.29, 0.717) is 5.56 Å². The van der Waals surface area contributed by atoms with Gasteiger partial charge in [0.05, 0.1) is 5.60 Å². The fourth-order valence-electron chi connectivity index (χ4n) is 1.14. The molecule has 2 N–H and O–H groups in total. The predicted octanol–water partition coefficient (Wildman–Crippen LogP) is 1.80. The van der Waals surface area contributed by atoms with Crippen molar-refractivity contribution in [2.45, 2.75) is 32.0 Å². The second-order valence-electron chi connectivity index (χ2n) is 4.14. The van der Waals surface area contributed by atoms with Crippen molar-refractivity contribution in [3.63, 3.8) is 0 Å². The first-order valence-electron chi connectivity index (χ1n) is 4.46. The van der Waals surface area contributed by atoms with Crippen LogP contribution in [0.3, 0.4) is 0 Å². The summed E-state index contributed by atoms with van der Waals surface area (Å²) in [6.45, 7) is 4.43. The first kappa shape index (κ1) is 11.1. The molecule has 0 radical (unpaired) electrons. The number of benzene rings is 1. The van der Waals surface area contributed by atoms with Crippen molar-refractivity contribution in [1.29, 1.82) is 0 Å². The molecule has 3 heteroatoms. The lowest BCUT2D eigenvalue weighted by Gasteiger charge is -2.36. The van der Waals surface area contributed by atoms with Crippen LogP contribution in [0.5, 0.6) is 0 Å². The first-order valence-corrected chi connectivity index (χ1v) is 4.46. The summed E-state index contributed by atoms with van der Waals surface area (Å²) in [5, 5.41) is 19.7. The molecule has 78 valence electrons. The van der Waals surface area contributed by atoms with Gasteiger partial charge in [0.25, 0.3) is 0 Å². The van der Waals surface area contributed by atoms with Crippen LogP contribution in [0.2, 0.25) is 0 Å². The fraction of sp³-hybridized carbons (Fsp3) is 0.455. The van der Waals surface area contributed by atoms with Gasteiger partial charge in [-0.05, 0) is 38.5 Å². The molecule has 1 unspecified atom stereocenters. The Balaban J connectivity index is 3.16. The summed E-state index contributed by atoms with van der Waals surface area (Å²) in [6.07, 6.45) is 0. The second-order valence-corrected chi connectivity index (χ2v) is 4.14. The Labute approximate surface area is 83.0 Å². The zero-order chi connectivity index (χ0) is 11.0. The van der Waals surface area contributed by atoms with E-state index in [2.05, 4.69) is 0 Å². The van der Waals surface area contributed by atoms with E-state index < -0.39 is 17.0 Å². The molecule has 1 rings (SSSR count). The van der Waals surface area contributed by atoms with E-state index in [1.165, 1.54) is 39.0 Å². The summed E-state index contributed by atoms with van der Waals surface area (Å²) in [6, 6.07) is 5.61. The van der Waals surface area contributed by atoms with Crippen molar-refractivity contribution >= 4 is 0 Å². The molecule has 0 heterocycles. The standard InChI is InChI=1S/C11H15FO2/c1-10(2,13)11(3,14)8-5-4-6-9(12)7-8/h4-7,13-14H,1-3H3. The van der Waals surface area contributed by atoms with E-state index in [1.807, 2.05) is 0 Å². The lowest BCUT2D eigenvalue weighted by Crippen LogP contribution is -2.44. The molecule has 1 aromatic rings. The number of aliphatic hydroxyl groups is 2. The summed E-state index contributed by atoms with van der Waals surface area (Å²) in [7, 11) is 0. The van der Waals surface area contributed by atoms with Gasteiger partial charge in [0.2, 0.25) is 0 Å². The molecule has 0 aliphatic heterocycles. The lowest BCUT2D eigenvalue weighted by molar-refractivity contribution is -0.125. The topological polar surface area (TPSA) is 40.5 Å². The average molecular weight is 198 g/mol. The van der Waals surface area contributed by atoms with Crippen LogP contribution < -0.4 is 0 Å². The van der Waals surface area contributed by atoms with Gasteiger partial charge in [0.1, 0.15) is 11.4 Å². The number of hydrogen-bond donors (Lipinski definition) is 2. The van der Waals surface area contributed by atoms with Gasteiger partial charge in [-0.2, -0.15) is 0 Å². The normalized spacial score (nSPS) is 16.4. The highest BCUT2D eigenvalue weighted by Gasteiger charge is 2.39. The van der Waals surface area contributed by atoms with Gasteiger partial charge in [-0.25, -0.2) is 4.39 Å². The number of halogens is 1. The van der Waals surface area contributed by atoms with E-state index >= 15 is 0 Å². The zero-order valence-electron chi connectivity index (χ0n) is 8.58. The van der Waals surface area contributed by atoms with Gasteiger partial charge >= 0.3 is 0 Å². The van der Waals surface area contributed by atoms with Crippen LogP contribution in [-0.2, 0) is 5.60 Å². The van der Waals surface area contributed by atoms with Gasteiger partial charge in [-0.15, -0.1) is 0 Å². The molecular formula is C11H15FO2. The molecule has 0 fully saturated rings. The van der Waals surface area contributed by atoms with Crippen molar-refractivity contribution in [1.82, 2.24) is 0 Å². The van der Waals surface area contributed by atoms with Crippen LogP contribution >= 0.6 is 0 Å². The molecule has 0 saturated carbocycles. The molecular weight excluding hydrogens is 183 g/mol. The largest absolute Gasteiger partial charge is 0.387 e. The van der Waals surface area contributed by atoms with Gasteiger partial charge in [-0.3, -0.25) is 0 Å². The van der Waals surface area contributed by atoms with Crippen molar-refractivity contribution in [3.8, 4) is 0 Å². The highest BCUT2D eigenvalue weighted by molar-refractivity contribution is 5.25. The Hall–Kier alpha value is -0.930. The van der Waals surface area contributed by atoms with E-state index in [-0.39, 0.29) is 0 Å². The molecule has 0 spiro atoms. The lowest BCUT2D eigenvalue weighted by atomic mass is 9.81. The van der Waals surface area contributed by atoms with Gasteiger partial charge in [-0.1, -0.05) is 12.1 Å². The fourth-order valence-corrected chi connectivity index (χ4v) is 1.14. The third-order valence-corrected chi connectivity index (χ3v) is 2.58. The third kappa shape index (κ3) is 1.94. The van der Waals surface area contributed by atoms with E-state index in [4.69, 9.17) is 0 Å². The summed E-state index contributed by atoms with van der Waals surface area (Å²) < 4.78 is 12.9. The van der Waals surface area contributed by atoms with Gasteiger partial charge in [0, 0.05) is 0 Å². The summed E-state index contributed by atoms with van der Waals surface area (Å²) >= 11 is 0. The average Bonchev–Trinajstić information content (AvgIpc) is 2.02. The first-order chi connectivity index (χ1) is 6.25. The Bertz CT molecular complexity index is 326. The maximum absolute atomic E-state index is 12.9. The van der Waals surface area contributed by atoms with Crippen LogP contribution in [0, 0.1) is 5.82 Å². The maximum Gasteiger partial charge on any atom is 0.123 e. The van der Waals surface area contributed by atoms with Crippen molar-refractivity contribution in [2.24, 2.45) is 0 Å². The Morgan fingerprint density at radius 3 is 2.14 bits per heavy atom. The van der Waals surface area contributed by atoms with Crippen LogP contribution in [0.15, 0.2) is 24.3 Å². The molecule has 0 saturated heterocycles. The van der Waals surface area contributed by atoms with Crippen LogP contribution in [0.4, 0.5) is 4.39 Å². The molecule has 0 bridgehead atoms. The maximum atomic E-state index is 12.9. The van der Waals surface area contributed by atoms with Crippen molar-refractivity contribution in [3.05, 3.63) is 35.6 Å². The molecule has 1 atom stereocenters. The molecule has 0 amide bonds. The summed E-state index contributed by atoms with van der Waals surface area (Å²) in [4.78, 5) is 0. The Morgan fingerprint density at radius 1 is 1.14 bits per heavy atom. The van der Waals surface area contributed by atoms with Crippen molar-refractivity contribution in [2.75, 3.05) is 0 Å². The van der Waals surface area contributed by atoms with Gasteiger partial charge in [0.15, 0.2) is 0 Å². The highest BCUT2D eigenvalue weighted by atomic mass is 19.1. The minimum absolute atomic E-state index is 0.366. The third-order valence-electron chi connectivity index (χ3n) is 2.58. The summed E-state index contributed by atoms with van der Waals surface area (Å²) in [5.74, 6) is -0.424. The van der Waals surface area contributed by atoms with Crippen molar-refractivity contribution < 1.29 is 14.6 Å². The van der Waals surface area contributed by atoms with E-state index in [0.717, 1.165) is 0 Å². The number of hydrogen-bond acceptors (Lipinski definition) is 2. The molecule has 0 aliphatic carbocycles. The molecule has 1 aromatic carbocycles. The summed E-state index contributed by atoms with van der Waals surface area (Å²) in [5.41, 5.74) is -2.42. The molecule has 0 aliphatic rings. The molecule has 14 heavy (non-hydrogen) atoms. The quantitative estimate of drug-likeness (QED) is 0.760. The monoisotopic (exact) mass is 198 g/mol. The minimum atomic E-state index is -1.46. The zero-order valence-corrected chi connectivity index (χ0v) is 8.58. The highest BCUT2D eigenvalue weighted by Crippen LogP contribution is 2.32. The predicted molar refractivity (Wildman–Crippen MR) is 52.3 cm³/mol. The number of rotatable bonds is 2. The smallest absolute Gasteiger partial charge is 0.123 e. The SMILES string of the molecule is CC(C)(O)C(C)(O)c1cccc(F)c1. The molecule has 0 aromatic heterocycles. The van der Waals surface area contributed by atoms with Crippen LogP contribution in [0.1, 0.15) is 26.3 Å². The van der Waals surface area contributed by atoms with Crippen LogP contribution in [0.25, 0.3) is 0 Å². The van der Waals surface area contributed by atoms with E-state index in [9.17, 15) is 14.6 Å². The minimum Gasteiger partial charge on any atom is -0.387 e. The van der Waals surface area contributed by atoms with Crippen LogP contribution in [-0.4, -0.2) is 15.8 Å². The Kier molecular flexibility index (Phi) is 2.65. The molecule has 2 nitrogen and oxygen atoms in total. The second kappa shape index (κ2) is 3.33. The van der Waals surface area contributed by atoms with E-state index in [1.54, 1.807) is 6.07 Å². The van der Waals surface area contributed by atoms with Gasteiger partial charge < -0.3 is 10.2 Å². The Morgan fingerprint density at radius 2 is 1.71 bits per heavy atom.